The van der Waals surface area contributed by atoms with Gasteiger partial charge in [0.15, 0.2) is 0 Å². The van der Waals surface area contributed by atoms with Gasteiger partial charge < -0.3 is 0 Å². The predicted octanol–water partition coefficient (Wildman–Crippen LogP) is 4.37. The van der Waals surface area contributed by atoms with Gasteiger partial charge >= 0.3 is 0 Å². The maximum absolute atomic E-state index is 6.37. The molecule has 0 amide bonds. The molecule has 0 spiro atoms. The van der Waals surface area contributed by atoms with E-state index in [0.29, 0.717) is 0 Å². The first-order valence-corrected chi connectivity index (χ1v) is 8.80. The predicted molar refractivity (Wildman–Crippen MR) is 59.8 cm³/mol. The highest BCUT2D eigenvalue weighted by Crippen LogP contribution is 2.42. The van der Waals surface area contributed by atoms with E-state index in [4.69, 9.17) is 23.2 Å². The summed E-state index contributed by atoms with van der Waals surface area (Å²) < 4.78 is -0.368. The topological polar surface area (TPSA) is 0 Å². The van der Waals surface area contributed by atoms with Crippen molar-refractivity contribution in [2.45, 2.75) is 55.2 Å². The smallest absolute Gasteiger partial charge is 0.106 e. The molecule has 12 heavy (non-hydrogen) atoms. The van der Waals surface area contributed by atoms with Gasteiger partial charge in [0.2, 0.25) is 0 Å². The molecule has 0 unspecified atom stereocenters. The molecule has 0 bridgehead atoms. The highest BCUT2D eigenvalue weighted by atomic mass is 35.5. The Bertz CT molecular complexity index is 137. The van der Waals surface area contributed by atoms with Crippen LogP contribution in [0.25, 0.3) is 0 Å². The van der Waals surface area contributed by atoms with Gasteiger partial charge in [0.05, 0.1) is 8.07 Å². The standard InChI is InChI=1S/C9H18Cl2Si/c1-12(2)8-6-4-3-5-7-9(12,10)11/h3-8H2,1-2H3. The van der Waals surface area contributed by atoms with E-state index in [-0.39, 0.29) is 3.96 Å². The molecule has 3 heteroatoms. The lowest BCUT2D eigenvalue weighted by Crippen LogP contribution is -2.46. The Balaban J connectivity index is 2.66. The average Bonchev–Trinajstić information content (AvgIpc) is 1.94. The molecule has 0 aromatic heterocycles. The highest BCUT2D eigenvalue weighted by Gasteiger charge is 2.43. The van der Waals surface area contributed by atoms with Gasteiger partial charge in [-0.25, -0.2) is 0 Å². The van der Waals surface area contributed by atoms with Crippen molar-refractivity contribution >= 4 is 31.3 Å². The summed E-state index contributed by atoms with van der Waals surface area (Å²) in [5.74, 6) is 0. The Morgan fingerprint density at radius 2 is 1.58 bits per heavy atom. The van der Waals surface area contributed by atoms with Crippen LogP contribution in [0, 0.1) is 0 Å². The minimum Gasteiger partial charge on any atom is -0.106 e. The van der Waals surface area contributed by atoms with Crippen LogP contribution in [0.2, 0.25) is 19.1 Å². The van der Waals surface area contributed by atoms with E-state index in [1.54, 1.807) is 0 Å². The molecular formula is C9H18Cl2Si. The van der Waals surface area contributed by atoms with Gasteiger partial charge in [-0.05, 0) is 6.42 Å². The summed E-state index contributed by atoms with van der Waals surface area (Å²) in [6.07, 6.45) is 6.24. The fourth-order valence-electron chi connectivity index (χ4n) is 1.79. The summed E-state index contributed by atoms with van der Waals surface area (Å²) >= 11 is 12.7. The van der Waals surface area contributed by atoms with E-state index < -0.39 is 8.07 Å². The Morgan fingerprint density at radius 3 is 2.25 bits per heavy atom. The number of hydrogen-bond donors (Lipinski definition) is 0. The Morgan fingerprint density at radius 1 is 1.00 bits per heavy atom. The molecule has 1 heterocycles. The van der Waals surface area contributed by atoms with Crippen LogP contribution < -0.4 is 0 Å². The SMILES string of the molecule is C[Si]1(C)CCCCCCC1(Cl)Cl. The Hall–Kier alpha value is 0.797. The molecule has 0 nitrogen and oxygen atoms in total. The molecule has 0 aromatic rings. The quantitative estimate of drug-likeness (QED) is 0.424. The Labute approximate surface area is 86.6 Å². The summed E-state index contributed by atoms with van der Waals surface area (Å²) in [5.41, 5.74) is 0. The van der Waals surface area contributed by atoms with Gasteiger partial charge in [-0.3, -0.25) is 0 Å². The van der Waals surface area contributed by atoms with Gasteiger partial charge in [-0.1, -0.05) is 44.8 Å². The van der Waals surface area contributed by atoms with E-state index in [9.17, 15) is 0 Å². The van der Waals surface area contributed by atoms with Crippen LogP contribution in [0.3, 0.4) is 0 Å². The van der Waals surface area contributed by atoms with Crippen LogP contribution in [-0.2, 0) is 0 Å². The Kier molecular flexibility index (Phi) is 3.53. The molecule has 0 aliphatic carbocycles. The van der Waals surface area contributed by atoms with Crippen molar-refractivity contribution in [3.8, 4) is 0 Å². The second-order valence-electron chi connectivity index (χ2n) is 4.50. The molecular weight excluding hydrogens is 207 g/mol. The molecule has 1 fully saturated rings. The largest absolute Gasteiger partial charge is 0.107 e. The van der Waals surface area contributed by atoms with Gasteiger partial charge in [-0.15, -0.1) is 23.2 Å². The summed E-state index contributed by atoms with van der Waals surface area (Å²) in [5, 5.41) is 0. The van der Waals surface area contributed by atoms with Crippen molar-refractivity contribution in [2.24, 2.45) is 0 Å². The minimum absolute atomic E-state index is 0.368. The zero-order valence-corrected chi connectivity index (χ0v) is 10.5. The van der Waals surface area contributed by atoms with Crippen molar-refractivity contribution in [2.75, 3.05) is 0 Å². The maximum atomic E-state index is 6.37. The van der Waals surface area contributed by atoms with Crippen molar-refractivity contribution in [3.05, 3.63) is 0 Å². The maximum Gasteiger partial charge on any atom is 0.107 e. The second-order valence-corrected chi connectivity index (χ2v) is 11.7. The normalized spacial score (nSPS) is 29.0. The molecule has 1 aliphatic rings. The first-order valence-electron chi connectivity index (χ1n) is 4.84. The number of rotatable bonds is 0. The van der Waals surface area contributed by atoms with Crippen molar-refractivity contribution in [3.63, 3.8) is 0 Å². The lowest BCUT2D eigenvalue weighted by atomic mass is 10.2. The van der Waals surface area contributed by atoms with E-state index in [0.717, 1.165) is 6.42 Å². The molecule has 0 N–H and O–H groups in total. The van der Waals surface area contributed by atoms with E-state index in [1.165, 1.54) is 31.7 Å². The molecule has 1 saturated heterocycles. The third-order valence-corrected chi connectivity index (χ3v) is 10.3. The first kappa shape index (κ1) is 10.9. The third kappa shape index (κ3) is 2.40. The number of halogens is 2. The lowest BCUT2D eigenvalue weighted by Gasteiger charge is -2.37. The fraction of sp³-hybridized carbons (Fsp3) is 1.00. The van der Waals surface area contributed by atoms with E-state index in [1.807, 2.05) is 0 Å². The van der Waals surface area contributed by atoms with Crippen molar-refractivity contribution in [1.29, 1.82) is 0 Å². The van der Waals surface area contributed by atoms with E-state index in [2.05, 4.69) is 13.1 Å². The third-order valence-electron chi connectivity index (χ3n) is 3.03. The van der Waals surface area contributed by atoms with Gasteiger partial charge in [0.25, 0.3) is 0 Å². The minimum atomic E-state index is -1.37. The summed E-state index contributed by atoms with van der Waals surface area (Å²) in [4.78, 5) is 0. The highest BCUT2D eigenvalue weighted by molar-refractivity contribution is 6.95. The van der Waals surface area contributed by atoms with Gasteiger partial charge in [0, 0.05) is 0 Å². The summed E-state index contributed by atoms with van der Waals surface area (Å²) in [7, 11) is -1.37. The van der Waals surface area contributed by atoms with E-state index >= 15 is 0 Å². The van der Waals surface area contributed by atoms with Crippen molar-refractivity contribution < 1.29 is 0 Å². The molecule has 72 valence electrons. The molecule has 1 aliphatic heterocycles. The van der Waals surface area contributed by atoms with Crippen LogP contribution in [0.5, 0.6) is 0 Å². The molecule has 0 atom stereocenters. The summed E-state index contributed by atoms with van der Waals surface area (Å²) in [6, 6.07) is 1.29. The monoisotopic (exact) mass is 224 g/mol. The molecule has 1 rings (SSSR count). The van der Waals surface area contributed by atoms with Crippen LogP contribution in [0.1, 0.15) is 32.1 Å². The average molecular weight is 225 g/mol. The zero-order chi connectivity index (χ0) is 9.24. The molecule has 0 radical (unpaired) electrons. The fourth-order valence-corrected chi connectivity index (χ4v) is 4.98. The molecule has 0 saturated carbocycles. The molecule has 0 aromatic carbocycles. The van der Waals surface area contributed by atoms with Gasteiger partial charge in [0.1, 0.15) is 3.96 Å². The first-order chi connectivity index (χ1) is 5.46. The van der Waals surface area contributed by atoms with Crippen LogP contribution in [0.4, 0.5) is 0 Å². The zero-order valence-electron chi connectivity index (χ0n) is 8.00. The van der Waals surface area contributed by atoms with Crippen LogP contribution in [-0.4, -0.2) is 12.0 Å². The van der Waals surface area contributed by atoms with Crippen molar-refractivity contribution in [1.82, 2.24) is 0 Å². The number of alkyl halides is 2. The number of hydrogen-bond acceptors (Lipinski definition) is 0. The van der Waals surface area contributed by atoms with Gasteiger partial charge in [-0.2, -0.15) is 0 Å². The van der Waals surface area contributed by atoms with Crippen LogP contribution in [0.15, 0.2) is 0 Å². The second kappa shape index (κ2) is 3.89. The lowest BCUT2D eigenvalue weighted by molar-refractivity contribution is 0.608. The summed E-state index contributed by atoms with van der Waals surface area (Å²) in [6.45, 7) is 4.64. The van der Waals surface area contributed by atoms with Crippen LogP contribution >= 0.6 is 23.2 Å².